The third kappa shape index (κ3) is 8.19. The molecule has 2 aromatic carbocycles. The van der Waals surface area contributed by atoms with Crippen molar-refractivity contribution in [1.29, 1.82) is 0 Å². The molecule has 12 heteroatoms. The number of benzene rings is 2. The molecule has 2 rings (SSSR count). The number of sulfonamides is 1. The number of carbonyl (C=O) groups excluding carboxylic acids is 2. The molecule has 0 aliphatic carbocycles. The molecule has 174 valence electrons. The average Bonchev–Trinajstić information content (AvgIpc) is 2.73. The van der Waals surface area contributed by atoms with Crippen molar-refractivity contribution in [2.45, 2.75) is 30.1 Å². The molecule has 1 unspecified atom stereocenters. The Bertz CT molecular complexity index is 1010. The zero-order chi connectivity index (χ0) is 23.8. The fourth-order valence-electron chi connectivity index (χ4n) is 2.66. The molecule has 0 aliphatic rings. The van der Waals surface area contributed by atoms with E-state index in [1.54, 1.807) is 30.3 Å². The highest BCUT2D eigenvalue weighted by Crippen LogP contribution is 2.24. The van der Waals surface area contributed by atoms with Gasteiger partial charge in [-0.3, -0.25) is 9.59 Å². The number of ether oxygens (including phenoxy) is 2. The van der Waals surface area contributed by atoms with Gasteiger partial charge in [-0.2, -0.15) is 0 Å². The quantitative estimate of drug-likeness (QED) is 0.513. The van der Waals surface area contributed by atoms with Crippen LogP contribution in [0.1, 0.15) is 24.4 Å². The Labute approximate surface area is 182 Å². The minimum Gasteiger partial charge on any atom is -0.469 e. The van der Waals surface area contributed by atoms with E-state index < -0.39 is 40.1 Å². The molecule has 0 bridgehead atoms. The minimum atomic E-state index is -4.89. The number of rotatable bonds is 10. The standard InChI is InChI=1S/C20H21F3N2O6S/c1-30-19(27)13-17(14-5-3-2-4-6-14)25-18(26)11-12-24-32(28,29)16-9-7-15(8-10-16)31-20(21,22)23/h2-10,17,24H,11-13H2,1H3,(H,25,26). The van der Waals surface area contributed by atoms with Gasteiger partial charge in [0.15, 0.2) is 0 Å². The van der Waals surface area contributed by atoms with Crippen molar-refractivity contribution in [2.24, 2.45) is 0 Å². The van der Waals surface area contributed by atoms with Crippen LogP contribution in [0.15, 0.2) is 59.5 Å². The van der Waals surface area contributed by atoms with E-state index in [1.807, 2.05) is 0 Å². The number of amides is 1. The molecule has 0 aliphatic heterocycles. The predicted octanol–water partition coefficient (Wildman–Crippen LogP) is 2.67. The number of nitrogens with one attached hydrogen (secondary N) is 2. The maximum atomic E-state index is 12.3. The molecule has 2 aromatic rings. The topological polar surface area (TPSA) is 111 Å². The van der Waals surface area contributed by atoms with Crippen LogP contribution in [0, 0.1) is 0 Å². The van der Waals surface area contributed by atoms with Crippen molar-refractivity contribution in [3.8, 4) is 5.75 Å². The first kappa shape index (κ1) is 25.1. The van der Waals surface area contributed by atoms with E-state index in [4.69, 9.17) is 0 Å². The van der Waals surface area contributed by atoms with Gasteiger partial charge >= 0.3 is 12.3 Å². The maximum absolute atomic E-state index is 12.3. The Hall–Kier alpha value is -3.12. The van der Waals surface area contributed by atoms with Crippen LogP contribution in [0.4, 0.5) is 13.2 Å². The summed E-state index contributed by atoms with van der Waals surface area (Å²) < 4.78 is 71.6. The third-order valence-corrected chi connectivity index (χ3v) is 5.62. The highest BCUT2D eigenvalue weighted by atomic mass is 32.2. The van der Waals surface area contributed by atoms with Crippen LogP contribution in [0.2, 0.25) is 0 Å². The van der Waals surface area contributed by atoms with E-state index in [1.165, 1.54) is 7.11 Å². The first-order valence-corrected chi connectivity index (χ1v) is 10.7. The van der Waals surface area contributed by atoms with Crippen LogP contribution >= 0.6 is 0 Å². The fraction of sp³-hybridized carbons (Fsp3) is 0.300. The average molecular weight is 474 g/mol. The molecule has 0 saturated heterocycles. The van der Waals surface area contributed by atoms with Crippen LogP contribution in [0.25, 0.3) is 0 Å². The number of alkyl halides is 3. The molecule has 2 N–H and O–H groups in total. The van der Waals surface area contributed by atoms with Gasteiger partial charge in [0.05, 0.1) is 24.5 Å². The van der Waals surface area contributed by atoms with E-state index in [0.717, 1.165) is 24.3 Å². The van der Waals surface area contributed by atoms with Crippen LogP contribution in [0.5, 0.6) is 5.75 Å². The van der Waals surface area contributed by atoms with Crippen molar-refractivity contribution in [3.05, 3.63) is 60.2 Å². The number of carbonyl (C=O) groups is 2. The largest absolute Gasteiger partial charge is 0.573 e. The second-order valence-corrected chi connectivity index (χ2v) is 8.24. The highest BCUT2D eigenvalue weighted by Gasteiger charge is 2.31. The van der Waals surface area contributed by atoms with Crippen molar-refractivity contribution in [1.82, 2.24) is 10.0 Å². The zero-order valence-electron chi connectivity index (χ0n) is 16.9. The van der Waals surface area contributed by atoms with E-state index in [2.05, 4.69) is 19.5 Å². The molecular formula is C20H21F3N2O6S. The molecule has 0 spiro atoms. The van der Waals surface area contributed by atoms with E-state index >= 15 is 0 Å². The lowest BCUT2D eigenvalue weighted by molar-refractivity contribution is -0.274. The molecule has 1 amide bonds. The summed E-state index contributed by atoms with van der Waals surface area (Å²) in [6.07, 6.45) is -5.24. The summed E-state index contributed by atoms with van der Waals surface area (Å²) in [5, 5.41) is 2.66. The molecule has 8 nitrogen and oxygen atoms in total. The Morgan fingerprint density at radius 3 is 2.22 bits per heavy atom. The van der Waals surface area contributed by atoms with E-state index in [-0.39, 0.29) is 24.3 Å². The van der Waals surface area contributed by atoms with Gasteiger partial charge in [0.1, 0.15) is 5.75 Å². The Morgan fingerprint density at radius 2 is 1.66 bits per heavy atom. The van der Waals surface area contributed by atoms with Crippen molar-refractivity contribution in [2.75, 3.05) is 13.7 Å². The minimum absolute atomic E-state index is 0.107. The molecule has 0 saturated carbocycles. The van der Waals surface area contributed by atoms with Gasteiger partial charge in [-0.25, -0.2) is 13.1 Å². The van der Waals surface area contributed by atoms with Crippen LogP contribution < -0.4 is 14.8 Å². The zero-order valence-corrected chi connectivity index (χ0v) is 17.7. The van der Waals surface area contributed by atoms with Gasteiger partial charge in [0, 0.05) is 13.0 Å². The summed E-state index contributed by atoms with van der Waals surface area (Å²) in [7, 11) is -2.84. The molecule has 32 heavy (non-hydrogen) atoms. The Morgan fingerprint density at radius 1 is 1.03 bits per heavy atom. The molecule has 0 aromatic heterocycles. The molecular weight excluding hydrogens is 453 g/mol. The Kier molecular flexibility index (Phi) is 8.61. The molecule has 0 radical (unpaired) electrons. The normalized spacial score (nSPS) is 12.6. The SMILES string of the molecule is COC(=O)CC(NC(=O)CCNS(=O)(=O)c1ccc(OC(F)(F)F)cc1)c1ccccc1. The summed E-state index contributed by atoms with van der Waals surface area (Å²) >= 11 is 0. The van der Waals surface area contributed by atoms with Gasteiger partial charge in [0.2, 0.25) is 15.9 Å². The first-order valence-electron chi connectivity index (χ1n) is 9.27. The van der Waals surface area contributed by atoms with E-state index in [9.17, 15) is 31.2 Å². The summed E-state index contributed by atoms with van der Waals surface area (Å²) in [5.41, 5.74) is 0.674. The fourth-order valence-corrected chi connectivity index (χ4v) is 3.69. The van der Waals surface area contributed by atoms with Gasteiger partial charge in [-0.15, -0.1) is 13.2 Å². The number of hydrogen-bond donors (Lipinski definition) is 2. The number of hydrogen-bond acceptors (Lipinski definition) is 6. The lowest BCUT2D eigenvalue weighted by Crippen LogP contribution is -2.34. The van der Waals surface area contributed by atoms with Crippen LogP contribution in [0.3, 0.4) is 0 Å². The highest BCUT2D eigenvalue weighted by molar-refractivity contribution is 7.89. The predicted molar refractivity (Wildman–Crippen MR) is 107 cm³/mol. The summed E-state index contributed by atoms with van der Waals surface area (Å²) in [6, 6.07) is 11.7. The number of esters is 1. The number of halogens is 3. The summed E-state index contributed by atoms with van der Waals surface area (Å²) in [6.45, 7) is -0.269. The van der Waals surface area contributed by atoms with Gasteiger partial charge < -0.3 is 14.8 Å². The Balaban J connectivity index is 1.93. The van der Waals surface area contributed by atoms with Gasteiger partial charge in [-0.1, -0.05) is 30.3 Å². The van der Waals surface area contributed by atoms with Crippen molar-refractivity contribution < 1.29 is 40.7 Å². The van der Waals surface area contributed by atoms with Crippen LogP contribution in [-0.2, 0) is 24.3 Å². The smallest absolute Gasteiger partial charge is 0.469 e. The first-order chi connectivity index (χ1) is 15.0. The molecule has 0 heterocycles. The van der Waals surface area contributed by atoms with Crippen molar-refractivity contribution >= 4 is 21.9 Å². The summed E-state index contributed by atoms with van der Waals surface area (Å²) in [4.78, 5) is 23.6. The molecule has 0 fully saturated rings. The lowest BCUT2D eigenvalue weighted by Gasteiger charge is -2.18. The third-order valence-electron chi connectivity index (χ3n) is 4.15. The summed E-state index contributed by atoms with van der Waals surface area (Å²) in [5.74, 6) is -1.61. The monoisotopic (exact) mass is 474 g/mol. The van der Waals surface area contributed by atoms with Gasteiger partial charge in [0.25, 0.3) is 0 Å². The molecule has 1 atom stereocenters. The van der Waals surface area contributed by atoms with E-state index in [0.29, 0.717) is 5.56 Å². The second kappa shape index (κ2) is 11.0. The lowest BCUT2D eigenvalue weighted by atomic mass is 10.0. The van der Waals surface area contributed by atoms with Crippen LogP contribution in [-0.4, -0.2) is 40.3 Å². The maximum Gasteiger partial charge on any atom is 0.573 e. The van der Waals surface area contributed by atoms with Crippen molar-refractivity contribution in [3.63, 3.8) is 0 Å². The van der Waals surface area contributed by atoms with Gasteiger partial charge in [-0.05, 0) is 29.8 Å². The number of methoxy groups -OCH3 is 1. The second-order valence-electron chi connectivity index (χ2n) is 6.48.